The molecule has 0 aromatic rings. The first kappa shape index (κ1) is 16.8. The average Bonchev–Trinajstić information content (AvgIpc) is 2.68. The Morgan fingerprint density at radius 2 is 1.95 bits per heavy atom. The second kappa shape index (κ2) is 6.47. The lowest BCUT2D eigenvalue weighted by atomic mass is 10.0. The number of nitrogens with zero attached hydrogens (tertiary/aromatic N) is 1. The van der Waals surface area contributed by atoms with E-state index in [-0.39, 0.29) is 17.1 Å². The molecule has 0 radical (unpaired) electrons. The van der Waals surface area contributed by atoms with Crippen molar-refractivity contribution in [1.29, 1.82) is 0 Å². The molecule has 1 aliphatic heterocycles. The van der Waals surface area contributed by atoms with Crippen LogP contribution in [-0.4, -0.2) is 46.1 Å². The van der Waals surface area contributed by atoms with Crippen LogP contribution in [0.2, 0.25) is 0 Å². The molecule has 1 aliphatic rings. The van der Waals surface area contributed by atoms with Crippen LogP contribution in [0.4, 0.5) is 9.59 Å². The molecule has 1 fully saturated rings. The number of thioether (sulfide) groups is 1. The third kappa shape index (κ3) is 4.70. The van der Waals surface area contributed by atoms with Crippen LogP contribution in [0.25, 0.3) is 0 Å². The summed E-state index contributed by atoms with van der Waals surface area (Å²) in [6.07, 6.45) is -0.649. The number of nitrogens with one attached hydrogen (secondary N) is 1. The summed E-state index contributed by atoms with van der Waals surface area (Å²) in [4.78, 5) is 36.9. The van der Waals surface area contributed by atoms with Crippen molar-refractivity contribution < 1.29 is 19.1 Å². The van der Waals surface area contributed by atoms with Gasteiger partial charge < -0.3 is 10.1 Å². The Labute approximate surface area is 123 Å². The number of alkyl carbamates (subject to hydrolysis) is 1. The van der Waals surface area contributed by atoms with E-state index in [1.807, 2.05) is 13.8 Å². The van der Waals surface area contributed by atoms with Gasteiger partial charge in [-0.2, -0.15) is 0 Å². The molecule has 0 saturated carbocycles. The van der Waals surface area contributed by atoms with Gasteiger partial charge in [0.15, 0.2) is 0 Å². The zero-order valence-electron chi connectivity index (χ0n) is 12.6. The smallest absolute Gasteiger partial charge is 0.408 e. The van der Waals surface area contributed by atoms with Crippen LogP contribution < -0.4 is 5.32 Å². The molecule has 0 aromatic heterocycles. The number of hydrogen-bond donors (Lipinski definition) is 1. The molecular weight excluding hydrogens is 280 g/mol. The van der Waals surface area contributed by atoms with Crippen LogP contribution in [0.3, 0.4) is 0 Å². The molecule has 20 heavy (non-hydrogen) atoms. The number of ether oxygens (including phenoxy) is 1. The number of carbonyl (C=O) groups excluding carboxylic acids is 3. The highest BCUT2D eigenvalue weighted by atomic mass is 32.2. The monoisotopic (exact) mass is 302 g/mol. The molecule has 0 spiro atoms. The van der Waals surface area contributed by atoms with Gasteiger partial charge in [-0.25, -0.2) is 4.79 Å². The molecule has 3 amide bonds. The van der Waals surface area contributed by atoms with Crippen LogP contribution in [0.1, 0.15) is 34.6 Å². The van der Waals surface area contributed by atoms with Gasteiger partial charge in [0.2, 0.25) is 0 Å². The van der Waals surface area contributed by atoms with Crippen LogP contribution >= 0.6 is 11.8 Å². The SMILES string of the molecule is CC(C)[C@@H](NC(=O)OC(C)(C)C)C(=O)N1CCSC1=O. The molecule has 7 heteroatoms. The molecule has 1 N–H and O–H groups in total. The summed E-state index contributed by atoms with van der Waals surface area (Å²) in [6.45, 7) is 9.26. The van der Waals surface area contributed by atoms with Crippen molar-refractivity contribution in [3.63, 3.8) is 0 Å². The Kier molecular flexibility index (Phi) is 5.44. The van der Waals surface area contributed by atoms with Gasteiger partial charge in [0, 0.05) is 12.3 Å². The zero-order valence-corrected chi connectivity index (χ0v) is 13.4. The van der Waals surface area contributed by atoms with Gasteiger partial charge in [-0.15, -0.1) is 0 Å². The molecule has 1 atom stereocenters. The Morgan fingerprint density at radius 1 is 1.35 bits per heavy atom. The highest BCUT2D eigenvalue weighted by Crippen LogP contribution is 2.20. The summed E-state index contributed by atoms with van der Waals surface area (Å²) < 4.78 is 5.15. The highest BCUT2D eigenvalue weighted by molar-refractivity contribution is 8.13. The normalized spacial score (nSPS) is 17.3. The molecule has 1 saturated heterocycles. The van der Waals surface area contributed by atoms with E-state index in [9.17, 15) is 14.4 Å². The third-order valence-electron chi connectivity index (χ3n) is 2.63. The Balaban J connectivity index is 2.72. The number of rotatable bonds is 3. The van der Waals surface area contributed by atoms with E-state index in [2.05, 4.69) is 5.32 Å². The number of carbonyl (C=O) groups is 3. The van der Waals surface area contributed by atoms with E-state index >= 15 is 0 Å². The first-order valence-electron chi connectivity index (χ1n) is 6.59. The van der Waals surface area contributed by atoms with Gasteiger partial charge in [-0.1, -0.05) is 25.6 Å². The van der Waals surface area contributed by atoms with Gasteiger partial charge in [0.1, 0.15) is 11.6 Å². The minimum Gasteiger partial charge on any atom is -0.444 e. The predicted molar refractivity (Wildman–Crippen MR) is 77.6 cm³/mol. The minimum absolute atomic E-state index is 0.131. The Morgan fingerprint density at radius 3 is 2.35 bits per heavy atom. The first-order valence-corrected chi connectivity index (χ1v) is 7.58. The second-order valence-corrected chi connectivity index (χ2v) is 7.02. The molecule has 1 heterocycles. The summed E-state index contributed by atoms with van der Waals surface area (Å²) in [7, 11) is 0. The highest BCUT2D eigenvalue weighted by Gasteiger charge is 2.35. The summed E-state index contributed by atoms with van der Waals surface area (Å²) in [5.41, 5.74) is -0.631. The quantitative estimate of drug-likeness (QED) is 0.865. The summed E-state index contributed by atoms with van der Waals surface area (Å²) >= 11 is 1.11. The molecule has 1 rings (SSSR count). The van der Waals surface area contributed by atoms with Crippen molar-refractivity contribution in [2.75, 3.05) is 12.3 Å². The number of imide groups is 1. The maximum atomic E-state index is 12.3. The lowest BCUT2D eigenvalue weighted by Crippen LogP contribution is -2.52. The molecule has 114 valence electrons. The maximum absolute atomic E-state index is 12.3. The number of amides is 3. The molecule has 0 aromatic carbocycles. The van der Waals surface area contributed by atoms with Gasteiger partial charge in [-0.05, 0) is 26.7 Å². The fourth-order valence-corrected chi connectivity index (χ4v) is 2.50. The van der Waals surface area contributed by atoms with Crippen molar-refractivity contribution in [1.82, 2.24) is 10.2 Å². The van der Waals surface area contributed by atoms with Gasteiger partial charge in [0.05, 0.1) is 0 Å². The van der Waals surface area contributed by atoms with Crippen molar-refractivity contribution in [2.24, 2.45) is 5.92 Å². The molecule has 6 nitrogen and oxygen atoms in total. The molecule has 0 aliphatic carbocycles. The van der Waals surface area contributed by atoms with Crippen LogP contribution in [0.5, 0.6) is 0 Å². The van der Waals surface area contributed by atoms with Crippen LogP contribution in [0.15, 0.2) is 0 Å². The van der Waals surface area contributed by atoms with Gasteiger partial charge in [-0.3, -0.25) is 14.5 Å². The Bertz CT molecular complexity index is 404. The van der Waals surface area contributed by atoms with Crippen LogP contribution in [-0.2, 0) is 9.53 Å². The summed E-state index contributed by atoms with van der Waals surface area (Å²) in [5.74, 6) is 0.0937. The second-order valence-electron chi connectivity index (χ2n) is 5.97. The first-order chi connectivity index (χ1) is 9.11. The maximum Gasteiger partial charge on any atom is 0.408 e. The fraction of sp³-hybridized carbons (Fsp3) is 0.769. The standard InChI is InChI=1S/C13H22N2O4S/c1-8(2)9(14-11(17)19-13(3,4)5)10(16)15-6-7-20-12(15)18/h8-9H,6-7H2,1-5H3,(H,14,17)/t9-/m1/s1. The van der Waals surface area contributed by atoms with Gasteiger partial charge in [0.25, 0.3) is 11.1 Å². The molecular formula is C13H22N2O4S. The van der Waals surface area contributed by atoms with Crippen molar-refractivity contribution in [3.05, 3.63) is 0 Å². The van der Waals surface area contributed by atoms with Crippen molar-refractivity contribution in [3.8, 4) is 0 Å². The van der Waals surface area contributed by atoms with E-state index < -0.39 is 17.7 Å². The fourth-order valence-electron chi connectivity index (χ4n) is 1.71. The Hall–Kier alpha value is -1.24. The zero-order chi connectivity index (χ0) is 15.5. The molecule has 0 unspecified atom stereocenters. The topological polar surface area (TPSA) is 75.7 Å². The number of hydrogen-bond acceptors (Lipinski definition) is 5. The van der Waals surface area contributed by atoms with Crippen molar-refractivity contribution >= 4 is 29.0 Å². The lowest BCUT2D eigenvalue weighted by Gasteiger charge is -2.27. The average molecular weight is 302 g/mol. The van der Waals surface area contributed by atoms with Crippen molar-refractivity contribution in [2.45, 2.75) is 46.3 Å². The predicted octanol–water partition coefficient (Wildman–Crippen LogP) is 2.23. The van der Waals surface area contributed by atoms with E-state index in [4.69, 9.17) is 4.74 Å². The summed E-state index contributed by atoms with van der Waals surface area (Å²) in [5, 5.41) is 2.30. The van der Waals surface area contributed by atoms with Gasteiger partial charge >= 0.3 is 6.09 Å². The van der Waals surface area contributed by atoms with E-state index in [0.29, 0.717) is 12.3 Å². The molecule has 0 bridgehead atoms. The summed E-state index contributed by atoms with van der Waals surface area (Å²) in [6, 6.07) is -0.757. The van der Waals surface area contributed by atoms with E-state index in [1.165, 1.54) is 4.90 Å². The lowest BCUT2D eigenvalue weighted by molar-refractivity contribution is -0.130. The largest absolute Gasteiger partial charge is 0.444 e. The van der Waals surface area contributed by atoms with E-state index in [1.54, 1.807) is 20.8 Å². The van der Waals surface area contributed by atoms with E-state index in [0.717, 1.165) is 11.8 Å². The van der Waals surface area contributed by atoms with Crippen LogP contribution in [0, 0.1) is 5.92 Å². The third-order valence-corrected chi connectivity index (χ3v) is 3.49. The minimum atomic E-state index is -0.757.